The molecule has 21 heavy (non-hydrogen) atoms. The average molecular weight is 290 g/mol. The van der Waals surface area contributed by atoms with Crippen molar-refractivity contribution in [1.82, 2.24) is 0 Å². The van der Waals surface area contributed by atoms with E-state index in [-0.39, 0.29) is 6.61 Å². The zero-order valence-electron chi connectivity index (χ0n) is 11.7. The Morgan fingerprint density at radius 3 is 2.71 bits per heavy atom. The molecule has 5 heteroatoms. The number of ether oxygens (including phenoxy) is 3. The summed E-state index contributed by atoms with van der Waals surface area (Å²) >= 11 is 0. The van der Waals surface area contributed by atoms with Gasteiger partial charge in [0.25, 0.3) is 0 Å². The lowest BCUT2D eigenvalue weighted by atomic mass is 10.0. The Morgan fingerprint density at radius 2 is 2.05 bits per heavy atom. The molecule has 0 spiro atoms. The largest absolute Gasteiger partial charge is 0.472 e. The normalized spacial score (nSPS) is 27.4. The molecule has 2 heterocycles. The van der Waals surface area contributed by atoms with E-state index in [1.165, 1.54) is 0 Å². The Bertz CT molecular complexity index is 539. The monoisotopic (exact) mass is 290 g/mol. The highest BCUT2D eigenvalue weighted by Gasteiger charge is 2.38. The van der Waals surface area contributed by atoms with Gasteiger partial charge in [0.15, 0.2) is 6.29 Å². The van der Waals surface area contributed by atoms with E-state index < -0.39 is 24.6 Å². The number of aliphatic hydroxyl groups excluding tert-OH is 1. The van der Waals surface area contributed by atoms with Crippen molar-refractivity contribution >= 4 is 0 Å². The molecular weight excluding hydrogens is 272 g/mol. The van der Waals surface area contributed by atoms with Crippen molar-refractivity contribution < 1.29 is 23.7 Å². The molecule has 1 saturated heterocycles. The number of benzene rings is 1. The van der Waals surface area contributed by atoms with Crippen LogP contribution in [0, 0.1) is 0 Å². The van der Waals surface area contributed by atoms with Crippen LogP contribution in [0.4, 0.5) is 0 Å². The van der Waals surface area contributed by atoms with Crippen molar-refractivity contribution in [3.05, 3.63) is 60.1 Å². The number of aliphatic hydroxyl groups is 1. The van der Waals surface area contributed by atoms with Crippen LogP contribution in [0.5, 0.6) is 0 Å². The predicted molar refractivity (Wildman–Crippen MR) is 74.5 cm³/mol. The predicted octanol–water partition coefficient (Wildman–Crippen LogP) is 2.44. The van der Waals surface area contributed by atoms with Gasteiger partial charge in [0.1, 0.15) is 18.3 Å². The van der Waals surface area contributed by atoms with Crippen LogP contribution in [0.15, 0.2) is 53.3 Å². The maximum atomic E-state index is 10.2. The van der Waals surface area contributed by atoms with Gasteiger partial charge in [0.2, 0.25) is 0 Å². The van der Waals surface area contributed by atoms with Gasteiger partial charge >= 0.3 is 0 Å². The number of furan rings is 1. The summed E-state index contributed by atoms with van der Waals surface area (Å²) in [6.45, 7) is 0.196. The highest BCUT2D eigenvalue weighted by Crippen LogP contribution is 2.34. The molecule has 1 aliphatic heterocycles. The van der Waals surface area contributed by atoms with Crippen LogP contribution < -0.4 is 0 Å². The quantitative estimate of drug-likeness (QED) is 0.937. The molecule has 1 aromatic heterocycles. The lowest BCUT2D eigenvalue weighted by Crippen LogP contribution is -2.44. The molecule has 1 aliphatic rings. The lowest BCUT2D eigenvalue weighted by molar-refractivity contribution is -0.279. The highest BCUT2D eigenvalue weighted by atomic mass is 16.7. The van der Waals surface area contributed by atoms with E-state index in [4.69, 9.17) is 18.6 Å². The number of hydrogen-bond donors (Lipinski definition) is 1. The van der Waals surface area contributed by atoms with Crippen LogP contribution in [0.25, 0.3) is 0 Å². The van der Waals surface area contributed by atoms with Gasteiger partial charge in [0, 0.05) is 18.2 Å². The fraction of sp³-hybridized carbons (Fsp3) is 0.375. The molecule has 3 rings (SSSR count). The van der Waals surface area contributed by atoms with E-state index in [0.29, 0.717) is 0 Å². The van der Waals surface area contributed by atoms with Gasteiger partial charge < -0.3 is 23.7 Å². The Labute approximate surface area is 123 Å². The zero-order valence-corrected chi connectivity index (χ0v) is 11.7. The Hall–Kier alpha value is -1.66. The number of rotatable bonds is 4. The van der Waals surface area contributed by atoms with Crippen LogP contribution >= 0.6 is 0 Å². The van der Waals surface area contributed by atoms with Crippen LogP contribution in [-0.4, -0.2) is 31.0 Å². The van der Waals surface area contributed by atoms with Crippen molar-refractivity contribution in [2.75, 3.05) is 13.7 Å². The fourth-order valence-corrected chi connectivity index (χ4v) is 2.51. The molecule has 2 aromatic rings. The van der Waals surface area contributed by atoms with Crippen molar-refractivity contribution in [3.63, 3.8) is 0 Å². The van der Waals surface area contributed by atoms with Gasteiger partial charge in [-0.2, -0.15) is 0 Å². The van der Waals surface area contributed by atoms with Crippen LogP contribution in [0.3, 0.4) is 0 Å². The molecule has 1 fully saturated rings. The molecule has 0 amide bonds. The van der Waals surface area contributed by atoms with Crippen molar-refractivity contribution in [2.45, 2.75) is 24.6 Å². The minimum atomic E-state index is -0.759. The van der Waals surface area contributed by atoms with Crippen LogP contribution in [0.2, 0.25) is 0 Å². The summed E-state index contributed by atoms with van der Waals surface area (Å²) in [5, 5.41) is 10.2. The van der Waals surface area contributed by atoms with E-state index in [1.807, 2.05) is 30.3 Å². The van der Waals surface area contributed by atoms with Gasteiger partial charge in [-0.15, -0.1) is 0 Å². The maximum absolute atomic E-state index is 10.2. The summed E-state index contributed by atoms with van der Waals surface area (Å²) in [6, 6.07) is 11.4. The Kier molecular flexibility index (Phi) is 4.36. The van der Waals surface area contributed by atoms with Crippen LogP contribution in [0.1, 0.15) is 23.5 Å². The molecule has 4 atom stereocenters. The van der Waals surface area contributed by atoms with Crippen LogP contribution in [-0.2, 0) is 14.2 Å². The number of methoxy groups -OCH3 is 1. The van der Waals surface area contributed by atoms with E-state index in [1.54, 1.807) is 25.7 Å². The first kappa shape index (κ1) is 14.3. The summed E-state index contributed by atoms with van der Waals surface area (Å²) < 4.78 is 22.1. The van der Waals surface area contributed by atoms with Gasteiger partial charge in [-0.05, 0) is 6.07 Å². The van der Waals surface area contributed by atoms with E-state index in [9.17, 15) is 5.11 Å². The minimum absolute atomic E-state index is 0.196. The molecule has 0 aliphatic carbocycles. The molecule has 5 nitrogen and oxygen atoms in total. The maximum Gasteiger partial charge on any atom is 0.184 e. The first-order valence-corrected chi connectivity index (χ1v) is 6.84. The molecule has 0 radical (unpaired) electrons. The summed E-state index contributed by atoms with van der Waals surface area (Å²) in [5.41, 5.74) is 1.74. The lowest BCUT2D eigenvalue weighted by Gasteiger charge is -2.37. The molecule has 0 saturated carbocycles. The summed E-state index contributed by atoms with van der Waals surface area (Å²) in [4.78, 5) is 0. The third kappa shape index (κ3) is 3.01. The second kappa shape index (κ2) is 6.41. The molecule has 1 aromatic carbocycles. The smallest absolute Gasteiger partial charge is 0.184 e. The fourth-order valence-electron chi connectivity index (χ4n) is 2.51. The third-order valence-electron chi connectivity index (χ3n) is 3.57. The van der Waals surface area contributed by atoms with Crippen molar-refractivity contribution in [2.24, 2.45) is 0 Å². The first-order chi connectivity index (χ1) is 10.3. The SMILES string of the molecule is CO[C@@H](c1ccoc1)[C@@H]1O[C@H](c2ccccc2)OC[C@H]1O. The topological polar surface area (TPSA) is 61.1 Å². The van der Waals surface area contributed by atoms with Gasteiger partial charge in [-0.3, -0.25) is 0 Å². The summed E-state index contributed by atoms with van der Waals surface area (Å²) in [7, 11) is 1.58. The van der Waals surface area contributed by atoms with Gasteiger partial charge in [0.05, 0.1) is 19.1 Å². The van der Waals surface area contributed by atoms with E-state index in [2.05, 4.69) is 0 Å². The Balaban J connectivity index is 1.80. The summed E-state index contributed by atoms with van der Waals surface area (Å²) in [5.74, 6) is 0. The first-order valence-electron chi connectivity index (χ1n) is 6.84. The minimum Gasteiger partial charge on any atom is -0.472 e. The molecular formula is C16H18O5. The second-order valence-corrected chi connectivity index (χ2v) is 4.96. The van der Waals surface area contributed by atoms with Crippen molar-refractivity contribution in [3.8, 4) is 0 Å². The van der Waals surface area contributed by atoms with E-state index >= 15 is 0 Å². The molecule has 112 valence electrons. The average Bonchev–Trinajstić information content (AvgIpc) is 3.05. The molecule has 1 N–H and O–H groups in total. The van der Waals surface area contributed by atoms with Gasteiger partial charge in [-0.1, -0.05) is 30.3 Å². The van der Waals surface area contributed by atoms with E-state index in [0.717, 1.165) is 11.1 Å². The molecule has 0 unspecified atom stereocenters. The highest BCUT2D eigenvalue weighted by molar-refractivity contribution is 5.17. The summed E-state index contributed by atoms with van der Waals surface area (Å²) in [6.07, 6.45) is 0.966. The standard InChI is InChI=1S/C16H18O5/c1-18-14(12-7-8-19-9-12)15-13(17)10-20-16(21-15)11-5-3-2-4-6-11/h2-9,13-17H,10H2,1H3/t13-,14+,15-,16-/m1/s1. The zero-order chi connectivity index (χ0) is 14.7. The van der Waals surface area contributed by atoms with Crippen molar-refractivity contribution in [1.29, 1.82) is 0 Å². The van der Waals surface area contributed by atoms with Gasteiger partial charge in [-0.25, -0.2) is 0 Å². The molecule has 0 bridgehead atoms. The number of hydrogen-bond acceptors (Lipinski definition) is 5. The Morgan fingerprint density at radius 1 is 1.24 bits per heavy atom. The third-order valence-corrected chi connectivity index (χ3v) is 3.57. The second-order valence-electron chi connectivity index (χ2n) is 4.96.